The van der Waals surface area contributed by atoms with Gasteiger partial charge in [0.05, 0.1) is 6.61 Å². The molecule has 0 aromatic heterocycles. The molecular weight excluding hydrogens is 156 g/mol. The van der Waals surface area contributed by atoms with Crippen LogP contribution in [0, 0.1) is 5.92 Å². The van der Waals surface area contributed by atoms with Gasteiger partial charge in [-0.05, 0) is 5.92 Å². The van der Waals surface area contributed by atoms with Crippen LogP contribution in [0.25, 0.3) is 0 Å². The molecule has 0 rings (SSSR count). The van der Waals surface area contributed by atoms with E-state index in [1.54, 1.807) is 6.20 Å². The predicted molar refractivity (Wildman–Crippen MR) is 47.6 cm³/mol. The van der Waals surface area contributed by atoms with E-state index in [0.29, 0.717) is 5.92 Å². The molecule has 2 amide bonds. The normalized spacial score (nSPS) is 10.7. The Bertz CT molecular complexity index is 155. The number of aliphatic hydroxyl groups is 1. The van der Waals surface area contributed by atoms with Crippen LogP contribution in [-0.4, -0.2) is 24.3 Å². The highest BCUT2D eigenvalue weighted by Gasteiger charge is 1.93. The molecule has 0 spiro atoms. The van der Waals surface area contributed by atoms with E-state index in [1.165, 1.54) is 0 Å². The lowest BCUT2D eigenvalue weighted by Gasteiger charge is -2.01. The summed E-state index contributed by atoms with van der Waals surface area (Å²) in [7, 11) is 0. The molecule has 3 N–H and O–H groups in total. The van der Waals surface area contributed by atoms with Crippen molar-refractivity contribution in [3.05, 3.63) is 12.3 Å². The van der Waals surface area contributed by atoms with Crippen molar-refractivity contribution in [2.24, 2.45) is 5.92 Å². The summed E-state index contributed by atoms with van der Waals surface area (Å²) in [5.41, 5.74) is 0. The SMILES string of the molecule is CC(C)/C=C/NC(=O)NCCO. The molecule has 0 aliphatic carbocycles. The number of carbonyl (C=O) groups excluding carboxylic acids is 1. The summed E-state index contributed by atoms with van der Waals surface area (Å²) in [6.45, 7) is 4.27. The second kappa shape index (κ2) is 6.67. The Labute approximate surface area is 72.7 Å². The number of rotatable bonds is 4. The summed E-state index contributed by atoms with van der Waals surface area (Å²) in [4.78, 5) is 10.8. The van der Waals surface area contributed by atoms with Crippen molar-refractivity contribution in [1.82, 2.24) is 10.6 Å². The molecule has 0 saturated heterocycles. The third-order valence-corrected chi connectivity index (χ3v) is 1.09. The van der Waals surface area contributed by atoms with Crippen molar-refractivity contribution in [2.45, 2.75) is 13.8 Å². The van der Waals surface area contributed by atoms with Gasteiger partial charge in [0, 0.05) is 12.7 Å². The van der Waals surface area contributed by atoms with Crippen LogP contribution in [0.1, 0.15) is 13.8 Å². The third-order valence-electron chi connectivity index (χ3n) is 1.09. The molecule has 0 atom stereocenters. The number of nitrogens with one attached hydrogen (secondary N) is 2. The summed E-state index contributed by atoms with van der Waals surface area (Å²) < 4.78 is 0. The van der Waals surface area contributed by atoms with Gasteiger partial charge in [0.15, 0.2) is 0 Å². The van der Waals surface area contributed by atoms with E-state index in [2.05, 4.69) is 10.6 Å². The van der Waals surface area contributed by atoms with Gasteiger partial charge in [-0.3, -0.25) is 0 Å². The zero-order valence-corrected chi connectivity index (χ0v) is 7.50. The number of aliphatic hydroxyl groups excluding tert-OH is 1. The number of allylic oxidation sites excluding steroid dienone is 1. The van der Waals surface area contributed by atoms with E-state index in [1.807, 2.05) is 19.9 Å². The minimum Gasteiger partial charge on any atom is -0.395 e. The Hall–Kier alpha value is -1.03. The van der Waals surface area contributed by atoms with Gasteiger partial charge < -0.3 is 15.7 Å². The van der Waals surface area contributed by atoms with Gasteiger partial charge in [0.2, 0.25) is 0 Å². The molecular formula is C8H16N2O2. The average molecular weight is 172 g/mol. The van der Waals surface area contributed by atoms with E-state index in [9.17, 15) is 4.79 Å². The first-order chi connectivity index (χ1) is 5.66. The Morgan fingerprint density at radius 3 is 2.75 bits per heavy atom. The summed E-state index contributed by atoms with van der Waals surface area (Å²) in [6.07, 6.45) is 3.47. The average Bonchev–Trinajstić information content (AvgIpc) is 2.00. The number of carbonyl (C=O) groups is 1. The van der Waals surface area contributed by atoms with Crippen LogP contribution in [0.3, 0.4) is 0 Å². The van der Waals surface area contributed by atoms with Gasteiger partial charge in [0.1, 0.15) is 0 Å². The molecule has 0 heterocycles. The number of hydrogen-bond acceptors (Lipinski definition) is 2. The number of hydrogen-bond donors (Lipinski definition) is 3. The van der Waals surface area contributed by atoms with Crippen LogP contribution in [0.4, 0.5) is 4.79 Å². The molecule has 0 aromatic rings. The van der Waals surface area contributed by atoms with E-state index in [-0.39, 0.29) is 19.2 Å². The lowest BCUT2D eigenvalue weighted by atomic mass is 10.2. The first kappa shape index (κ1) is 11.0. The van der Waals surface area contributed by atoms with E-state index in [4.69, 9.17) is 5.11 Å². The standard InChI is InChI=1S/C8H16N2O2/c1-7(2)3-4-9-8(12)10-5-6-11/h3-4,7,11H,5-6H2,1-2H3,(H2,9,10,12)/b4-3+. The molecule has 0 radical (unpaired) electrons. The molecule has 0 aliphatic rings. The van der Waals surface area contributed by atoms with Crippen molar-refractivity contribution < 1.29 is 9.90 Å². The van der Waals surface area contributed by atoms with Crippen molar-refractivity contribution in [1.29, 1.82) is 0 Å². The second-order valence-electron chi connectivity index (χ2n) is 2.73. The lowest BCUT2D eigenvalue weighted by Crippen LogP contribution is -2.34. The Morgan fingerprint density at radius 1 is 1.58 bits per heavy atom. The highest BCUT2D eigenvalue weighted by molar-refractivity contribution is 5.74. The maximum absolute atomic E-state index is 10.8. The highest BCUT2D eigenvalue weighted by atomic mass is 16.3. The van der Waals surface area contributed by atoms with Crippen molar-refractivity contribution in [2.75, 3.05) is 13.2 Å². The second-order valence-corrected chi connectivity index (χ2v) is 2.73. The van der Waals surface area contributed by atoms with Gasteiger partial charge in [-0.1, -0.05) is 19.9 Å². The van der Waals surface area contributed by atoms with Gasteiger partial charge in [-0.25, -0.2) is 4.79 Å². The van der Waals surface area contributed by atoms with Gasteiger partial charge in [0.25, 0.3) is 0 Å². The summed E-state index contributed by atoms with van der Waals surface area (Å²) in [5, 5.41) is 13.3. The number of amides is 2. The van der Waals surface area contributed by atoms with Gasteiger partial charge >= 0.3 is 6.03 Å². The van der Waals surface area contributed by atoms with Crippen LogP contribution in [0.5, 0.6) is 0 Å². The third kappa shape index (κ3) is 7.08. The van der Waals surface area contributed by atoms with Crippen molar-refractivity contribution >= 4 is 6.03 Å². The minimum atomic E-state index is -0.291. The maximum atomic E-state index is 10.8. The molecule has 4 heteroatoms. The van der Waals surface area contributed by atoms with Crippen LogP contribution in [0.15, 0.2) is 12.3 Å². The van der Waals surface area contributed by atoms with Crippen LogP contribution < -0.4 is 10.6 Å². The monoisotopic (exact) mass is 172 g/mol. The smallest absolute Gasteiger partial charge is 0.318 e. The van der Waals surface area contributed by atoms with Crippen molar-refractivity contribution in [3.63, 3.8) is 0 Å². The molecule has 0 saturated carbocycles. The largest absolute Gasteiger partial charge is 0.395 e. The van der Waals surface area contributed by atoms with E-state index >= 15 is 0 Å². The predicted octanol–water partition coefficient (Wildman–Crippen LogP) is 0.448. The first-order valence-electron chi connectivity index (χ1n) is 3.98. The Balaban J connectivity index is 3.43. The van der Waals surface area contributed by atoms with Crippen LogP contribution in [-0.2, 0) is 0 Å². The first-order valence-corrected chi connectivity index (χ1v) is 3.98. The number of urea groups is 1. The van der Waals surface area contributed by atoms with E-state index in [0.717, 1.165) is 0 Å². The molecule has 70 valence electrons. The zero-order chi connectivity index (χ0) is 9.40. The molecule has 0 bridgehead atoms. The molecule has 12 heavy (non-hydrogen) atoms. The summed E-state index contributed by atoms with van der Waals surface area (Å²) >= 11 is 0. The fourth-order valence-electron chi connectivity index (χ4n) is 0.537. The summed E-state index contributed by atoms with van der Waals surface area (Å²) in [5.74, 6) is 0.420. The Kier molecular flexibility index (Phi) is 6.09. The van der Waals surface area contributed by atoms with Crippen LogP contribution in [0.2, 0.25) is 0 Å². The molecule has 0 aliphatic heterocycles. The fraction of sp³-hybridized carbons (Fsp3) is 0.625. The molecule has 0 unspecified atom stereocenters. The summed E-state index contributed by atoms with van der Waals surface area (Å²) in [6, 6.07) is -0.291. The van der Waals surface area contributed by atoms with Gasteiger partial charge in [-0.2, -0.15) is 0 Å². The van der Waals surface area contributed by atoms with Crippen LogP contribution >= 0.6 is 0 Å². The fourth-order valence-corrected chi connectivity index (χ4v) is 0.537. The van der Waals surface area contributed by atoms with Crippen molar-refractivity contribution in [3.8, 4) is 0 Å². The van der Waals surface area contributed by atoms with Gasteiger partial charge in [-0.15, -0.1) is 0 Å². The quantitative estimate of drug-likeness (QED) is 0.576. The topological polar surface area (TPSA) is 61.4 Å². The highest BCUT2D eigenvalue weighted by Crippen LogP contribution is 1.90. The molecule has 4 nitrogen and oxygen atoms in total. The van der Waals surface area contributed by atoms with E-state index < -0.39 is 0 Å². The minimum absolute atomic E-state index is 0.0404. The molecule has 0 fully saturated rings. The molecule has 0 aromatic carbocycles. The maximum Gasteiger partial charge on any atom is 0.318 e. The Morgan fingerprint density at radius 2 is 2.25 bits per heavy atom. The zero-order valence-electron chi connectivity index (χ0n) is 7.50. The lowest BCUT2D eigenvalue weighted by molar-refractivity contribution is 0.237.